The average molecular weight is 246 g/mol. The Bertz CT molecular complexity index is 185. The highest BCUT2D eigenvalue weighted by atomic mass is 28.4. The van der Waals surface area contributed by atoms with Crippen LogP contribution in [0.4, 0.5) is 0 Å². The number of aliphatic hydroxyl groups is 1. The summed E-state index contributed by atoms with van der Waals surface area (Å²) in [5.74, 6) is 0. The van der Waals surface area contributed by atoms with Crippen molar-refractivity contribution in [3.8, 4) is 0 Å². The van der Waals surface area contributed by atoms with Crippen LogP contribution >= 0.6 is 0 Å². The van der Waals surface area contributed by atoms with E-state index in [4.69, 9.17) is 4.43 Å². The fourth-order valence-electron chi connectivity index (χ4n) is 1.40. The second-order valence-corrected chi connectivity index (χ2v) is 10.9. The van der Waals surface area contributed by atoms with Gasteiger partial charge in [0.05, 0.1) is 12.7 Å². The Balaban J connectivity index is 4.20. The molecule has 0 rings (SSSR count). The maximum atomic E-state index is 9.35. The van der Waals surface area contributed by atoms with Crippen molar-refractivity contribution < 1.29 is 9.53 Å². The quantitative estimate of drug-likeness (QED) is 0.544. The summed E-state index contributed by atoms with van der Waals surface area (Å²) in [6.07, 6.45) is 4.66. The van der Waals surface area contributed by atoms with E-state index in [1.165, 1.54) is 12.8 Å². The maximum absolute atomic E-state index is 9.35. The zero-order valence-electron chi connectivity index (χ0n) is 12.0. The summed E-state index contributed by atoms with van der Waals surface area (Å²) in [7, 11) is -1.71. The van der Waals surface area contributed by atoms with Crippen LogP contribution in [0.25, 0.3) is 0 Å². The Hall–Kier alpha value is 0.137. The SMILES string of the molecule is CCCCC[C@H](CO)O[Si](C)(C)C(C)(C)C. The van der Waals surface area contributed by atoms with E-state index in [9.17, 15) is 5.11 Å². The minimum Gasteiger partial charge on any atom is -0.412 e. The van der Waals surface area contributed by atoms with Gasteiger partial charge in [0, 0.05) is 0 Å². The van der Waals surface area contributed by atoms with E-state index in [0.29, 0.717) is 0 Å². The van der Waals surface area contributed by atoms with Gasteiger partial charge in [-0.3, -0.25) is 0 Å². The summed E-state index contributed by atoms with van der Waals surface area (Å²) >= 11 is 0. The van der Waals surface area contributed by atoms with E-state index < -0.39 is 8.32 Å². The highest BCUT2D eigenvalue weighted by Crippen LogP contribution is 2.37. The molecule has 0 aromatic carbocycles. The third-order valence-electron chi connectivity index (χ3n) is 3.60. The molecule has 0 amide bonds. The minimum absolute atomic E-state index is 0.0486. The molecule has 2 nitrogen and oxygen atoms in total. The number of unbranched alkanes of at least 4 members (excludes halogenated alkanes) is 2. The van der Waals surface area contributed by atoms with Gasteiger partial charge < -0.3 is 9.53 Å². The fraction of sp³-hybridized carbons (Fsp3) is 1.00. The van der Waals surface area contributed by atoms with Crippen molar-refractivity contribution in [2.75, 3.05) is 6.61 Å². The van der Waals surface area contributed by atoms with Gasteiger partial charge in [-0.25, -0.2) is 0 Å². The highest BCUT2D eigenvalue weighted by Gasteiger charge is 2.38. The summed E-state index contributed by atoms with van der Waals surface area (Å²) in [5.41, 5.74) is 0. The molecule has 0 saturated carbocycles. The molecule has 0 unspecified atom stereocenters. The van der Waals surface area contributed by atoms with Gasteiger partial charge in [0.1, 0.15) is 0 Å². The largest absolute Gasteiger partial charge is 0.412 e. The zero-order chi connectivity index (χ0) is 12.8. The Labute approximate surface area is 103 Å². The second kappa shape index (κ2) is 6.77. The van der Waals surface area contributed by atoms with Crippen LogP contribution in [0.3, 0.4) is 0 Å². The third-order valence-corrected chi connectivity index (χ3v) is 8.14. The Kier molecular flexibility index (Phi) is 6.83. The molecular weight excluding hydrogens is 216 g/mol. The molecule has 0 aliphatic carbocycles. The van der Waals surface area contributed by atoms with Gasteiger partial charge >= 0.3 is 0 Å². The van der Waals surface area contributed by atoms with Crippen LogP contribution in [-0.4, -0.2) is 26.1 Å². The van der Waals surface area contributed by atoms with Crippen molar-refractivity contribution in [3.63, 3.8) is 0 Å². The van der Waals surface area contributed by atoms with Crippen LogP contribution in [0.2, 0.25) is 18.1 Å². The topological polar surface area (TPSA) is 29.5 Å². The van der Waals surface area contributed by atoms with E-state index in [1.54, 1.807) is 0 Å². The van der Waals surface area contributed by atoms with Gasteiger partial charge in [0.2, 0.25) is 0 Å². The van der Waals surface area contributed by atoms with Crippen molar-refractivity contribution >= 4 is 8.32 Å². The number of hydrogen-bond donors (Lipinski definition) is 1. The third kappa shape index (κ3) is 5.46. The smallest absolute Gasteiger partial charge is 0.192 e. The van der Waals surface area contributed by atoms with Crippen LogP contribution in [0.15, 0.2) is 0 Å². The number of rotatable bonds is 7. The number of hydrogen-bond acceptors (Lipinski definition) is 2. The van der Waals surface area contributed by atoms with Gasteiger partial charge in [-0.2, -0.15) is 0 Å². The van der Waals surface area contributed by atoms with Crippen molar-refractivity contribution in [2.24, 2.45) is 0 Å². The lowest BCUT2D eigenvalue weighted by Gasteiger charge is -2.39. The molecule has 0 aliphatic rings. The van der Waals surface area contributed by atoms with Gasteiger partial charge in [-0.1, -0.05) is 47.0 Å². The predicted octanol–water partition coefficient (Wildman–Crippen LogP) is 3.95. The molecular formula is C13H30O2Si. The average Bonchev–Trinajstić information content (AvgIpc) is 2.14. The van der Waals surface area contributed by atoms with Crippen molar-refractivity contribution in [2.45, 2.75) is 77.6 Å². The van der Waals surface area contributed by atoms with E-state index in [0.717, 1.165) is 12.8 Å². The summed E-state index contributed by atoms with van der Waals surface area (Å²) < 4.78 is 6.19. The Morgan fingerprint density at radius 1 is 1.19 bits per heavy atom. The molecule has 0 aromatic heterocycles. The predicted molar refractivity (Wildman–Crippen MR) is 73.3 cm³/mol. The molecule has 0 saturated heterocycles. The normalized spacial score (nSPS) is 15.2. The van der Waals surface area contributed by atoms with Crippen molar-refractivity contribution in [1.82, 2.24) is 0 Å². The first kappa shape index (κ1) is 16.1. The molecule has 98 valence electrons. The monoisotopic (exact) mass is 246 g/mol. The Morgan fingerprint density at radius 2 is 1.75 bits per heavy atom. The summed E-state index contributed by atoms with van der Waals surface area (Å²) in [6.45, 7) is 13.6. The van der Waals surface area contributed by atoms with Crippen molar-refractivity contribution in [1.29, 1.82) is 0 Å². The van der Waals surface area contributed by atoms with Gasteiger partial charge in [-0.05, 0) is 24.6 Å². The molecule has 0 heterocycles. The molecule has 16 heavy (non-hydrogen) atoms. The molecule has 0 radical (unpaired) electrons. The van der Waals surface area contributed by atoms with Gasteiger partial charge in [0.15, 0.2) is 8.32 Å². The van der Waals surface area contributed by atoms with Crippen LogP contribution in [0.5, 0.6) is 0 Å². The first-order chi connectivity index (χ1) is 7.24. The van der Waals surface area contributed by atoms with E-state index in [1.807, 2.05) is 0 Å². The van der Waals surface area contributed by atoms with E-state index in [2.05, 4.69) is 40.8 Å². The van der Waals surface area contributed by atoms with Crippen LogP contribution < -0.4 is 0 Å². The van der Waals surface area contributed by atoms with E-state index in [-0.39, 0.29) is 17.7 Å². The lowest BCUT2D eigenvalue weighted by atomic mass is 10.1. The second-order valence-electron chi connectivity index (χ2n) is 6.18. The van der Waals surface area contributed by atoms with Gasteiger partial charge in [-0.15, -0.1) is 0 Å². The molecule has 3 heteroatoms. The maximum Gasteiger partial charge on any atom is 0.192 e. The van der Waals surface area contributed by atoms with Crippen LogP contribution in [0, 0.1) is 0 Å². The fourth-order valence-corrected chi connectivity index (χ4v) is 2.78. The van der Waals surface area contributed by atoms with Crippen LogP contribution in [-0.2, 0) is 4.43 Å². The molecule has 0 spiro atoms. The van der Waals surface area contributed by atoms with Crippen molar-refractivity contribution in [3.05, 3.63) is 0 Å². The van der Waals surface area contributed by atoms with E-state index >= 15 is 0 Å². The molecule has 0 aliphatic heterocycles. The molecule has 0 bridgehead atoms. The standard InChI is InChI=1S/C13H30O2Si/c1-7-8-9-10-12(11-14)15-16(5,6)13(2,3)4/h12,14H,7-11H2,1-6H3/t12-/m1/s1. The highest BCUT2D eigenvalue weighted by molar-refractivity contribution is 6.74. The lowest BCUT2D eigenvalue weighted by Crippen LogP contribution is -2.44. The summed E-state index contributed by atoms with van der Waals surface area (Å²) in [4.78, 5) is 0. The first-order valence-corrected chi connectivity index (χ1v) is 9.44. The lowest BCUT2D eigenvalue weighted by molar-refractivity contribution is 0.0938. The molecule has 1 atom stereocenters. The Morgan fingerprint density at radius 3 is 2.12 bits per heavy atom. The first-order valence-electron chi connectivity index (χ1n) is 6.53. The minimum atomic E-state index is -1.71. The number of aliphatic hydroxyl groups excluding tert-OH is 1. The van der Waals surface area contributed by atoms with Gasteiger partial charge in [0.25, 0.3) is 0 Å². The molecule has 0 fully saturated rings. The van der Waals surface area contributed by atoms with Crippen LogP contribution in [0.1, 0.15) is 53.4 Å². The summed E-state index contributed by atoms with van der Waals surface area (Å²) in [5, 5.41) is 9.58. The molecule has 1 N–H and O–H groups in total. The molecule has 0 aromatic rings. The zero-order valence-corrected chi connectivity index (χ0v) is 13.0. The summed E-state index contributed by atoms with van der Waals surface area (Å²) in [6, 6.07) is 0.